The van der Waals surface area contributed by atoms with Crippen LogP contribution in [0.5, 0.6) is 0 Å². The summed E-state index contributed by atoms with van der Waals surface area (Å²) in [5.74, 6) is 0.144. The summed E-state index contributed by atoms with van der Waals surface area (Å²) < 4.78 is 0. The zero-order valence-electron chi connectivity index (χ0n) is 10.4. The molecule has 2 N–H and O–H groups in total. The molecular weight excluding hydrogens is 244 g/mol. The molecule has 0 fully saturated rings. The minimum atomic E-state index is 0.144. The Morgan fingerprint density at radius 1 is 1.39 bits per heavy atom. The lowest BCUT2D eigenvalue weighted by atomic mass is 10.0. The molecule has 0 atom stereocenters. The molecule has 0 spiro atoms. The standard InChI is InChI=1S/C14H18N2OS/c15-13(18)8-4-10-16-9-3-6-11-5-1-2-7-12(11)14(16)17/h1-2,5,7H,3-4,6,8-10H2,(H2,15,18). The normalized spacial score (nSPS) is 15.1. The average Bonchev–Trinajstić information content (AvgIpc) is 2.50. The molecule has 0 saturated carbocycles. The van der Waals surface area contributed by atoms with Crippen LogP contribution in [-0.4, -0.2) is 28.9 Å². The first-order valence-corrected chi connectivity index (χ1v) is 6.75. The van der Waals surface area contributed by atoms with E-state index in [1.54, 1.807) is 0 Å². The highest BCUT2D eigenvalue weighted by Crippen LogP contribution is 2.18. The zero-order valence-corrected chi connectivity index (χ0v) is 11.2. The van der Waals surface area contributed by atoms with Crippen LogP contribution in [0.3, 0.4) is 0 Å². The number of thiocarbonyl (C=S) groups is 1. The van der Waals surface area contributed by atoms with Gasteiger partial charge in [-0.1, -0.05) is 30.4 Å². The third-order valence-corrected chi connectivity index (χ3v) is 3.46. The summed E-state index contributed by atoms with van der Waals surface area (Å²) in [5.41, 5.74) is 7.50. The number of amides is 1. The molecule has 4 heteroatoms. The van der Waals surface area contributed by atoms with Gasteiger partial charge in [0.25, 0.3) is 5.91 Å². The van der Waals surface area contributed by atoms with Crippen LogP contribution in [0.4, 0.5) is 0 Å². The van der Waals surface area contributed by atoms with Crippen molar-refractivity contribution in [3.63, 3.8) is 0 Å². The molecule has 0 bridgehead atoms. The summed E-state index contributed by atoms with van der Waals surface area (Å²) in [5, 5.41) is 0. The fourth-order valence-corrected chi connectivity index (χ4v) is 2.48. The van der Waals surface area contributed by atoms with Crippen LogP contribution >= 0.6 is 12.2 Å². The molecule has 3 nitrogen and oxygen atoms in total. The van der Waals surface area contributed by atoms with Crippen molar-refractivity contribution < 1.29 is 4.79 Å². The number of benzene rings is 1. The third-order valence-electron chi connectivity index (χ3n) is 3.26. The molecule has 0 unspecified atom stereocenters. The summed E-state index contributed by atoms with van der Waals surface area (Å²) in [6.07, 6.45) is 3.56. The Morgan fingerprint density at radius 2 is 2.17 bits per heavy atom. The molecule has 1 aliphatic rings. The van der Waals surface area contributed by atoms with Gasteiger partial charge in [-0.2, -0.15) is 0 Å². The molecule has 18 heavy (non-hydrogen) atoms. The molecule has 1 heterocycles. The Labute approximate surface area is 113 Å². The molecule has 1 aliphatic heterocycles. The Kier molecular flexibility index (Phi) is 4.31. The zero-order chi connectivity index (χ0) is 13.0. The minimum Gasteiger partial charge on any atom is -0.393 e. The van der Waals surface area contributed by atoms with Crippen molar-refractivity contribution in [3.8, 4) is 0 Å². The van der Waals surface area contributed by atoms with E-state index in [4.69, 9.17) is 18.0 Å². The van der Waals surface area contributed by atoms with Gasteiger partial charge in [-0.3, -0.25) is 4.79 Å². The fraction of sp³-hybridized carbons (Fsp3) is 0.429. The lowest BCUT2D eigenvalue weighted by molar-refractivity contribution is 0.0760. The molecule has 0 aromatic heterocycles. The van der Waals surface area contributed by atoms with Crippen molar-refractivity contribution in [2.24, 2.45) is 5.73 Å². The second-order valence-corrected chi connectivity index (χ2v) is 5.15. The van der Waals surface area contributed by atoms with Crippen LogP contribution in [0, 0.1) is 0 Å². The Hall–Kier alpha value is -1.42. The lowest BCUT2D eigenvalue weighted by Gasteiger charge is -2.20. The highest BCUT2D eigenvalue weighted by Gasteiger charge is 2.21. The molecule has 1 amide bonds. The van der Waals surface area contributed by atoms with Crippen molar-refractivity contribution in [2.45, 2.75) is 25.7 Å². The van der Waals surface area contributed by atoms with Crippen molar-refractivity contribution in [1.82, 2.24) is 4.90 Å². The largest absolute Gasteiger partial charge is 0.393 e. The number of hydrogen-bond donors (Lipinski definition) is 1. The second-order valence-electron chi connectivity index (χ2n) is 4.62. The predicted octanol–water partition coefficient (Wildman–Crippen LogP) is 2.14. The van der Waals surface area contributed by atoms with Crippen LogP contribution in [0.25, 0.3) is 0 Å². The van der Waals surface area contributed by atoms with E-state index in [9.17, 15) is 4.79 Å². The Morgan fingerprint density at radius 3 is 2.94 bits per heavy atom. The van der Waals surface area contributed by atoms with E-state index in [1.807, 2.05) is 29.2 Å². The van der Waals surface area contributed by atoms with Crippen molar-refractivity contribution in [2.75, 3.05) is 13.1 Å². The fourth-order valence-electron chi connectivity index (χ4n) is 2.34. The number of nitrogens with two attached hydrogens (primary N) is 1. The molecule has 0 saturated heterocycles. The lowest BCUT2D eigenvalue weighted by Crippen LogP contribution is -2.32. The van der Waals surface area contributed by atoms with E-state index in [0.29, 0.717) is 11.4 Å². The van der Waals surface area contributed by atoms with Gasteiger partial charge in [0.15, 0.2) is 0 Å². The minimum absolute atomic E-state index is 0.144. The van der Waals surface area contributed by atoms with Crippen molar-refractivity contribution >= 4 is 23.1 Å². The number of hydrogen-bond acceptors (Lipinski definition) is 2. The number of rotatable bonds is 4. The van der Waals surface area contributed by atoms with E-state index in [-0.39, 0.29) is 5.91 Å². The first-order chi connectivity index (χ1) is 8.68. The molecule has 96 valence electrons. The summed E-state index contributed by atoms with van der Waals surface area (Å²) >= 11 is 4.86. The number of carbonyl (C=O) groups is 1. The Balaban J connectivity index is 2.06. The summed E-state index contributed by atoms with van der Waals surface area (Å²) in [6.45, 7) is 1.56. The van der Waals surface area contributed by atoms with Gasteiger partial charge < -0.3 is 10.6 Å². The van der Waals surface area contributed by atoms with Gasteiger partial charge in [0.05, 0.1) is 4.99 Å². The molecule has 2 rings (SSSR count). The van der Waals surface area contributed by atoms with Gasteiger partial charge in [-0.25, -0.2) is 0 Å². The van der Waals surface area contributed by atoms with Crippen molar-refractivity contribution in [3.05, 3.63) is 35.4 Å². The van der Waals surface area contributed by atoms with Crippen LogP contribution in [-0.2, 0) is 6.42 Å². The van der Waals surface area contributed by atoms with E-state index in [1.165, 1.54) is 5.56 Å². The van der Waals surface area contributed by atoms with Gasteiger partial charge >= 0.3 is 0 Å². The van der Waals surface area contributed by atoms with Crippen molar-refractivity contribution in [1.29, 1.82) is 0 Å². The van der Waals surface area contributed by atoms with Gasteiger partial charge in [0.2, 0.25) is 0 Å². The van der Waals surface area contributed by atoms with E-state index in [2.05, 4.69) is 0 Å². The van der Waals surface area contributed by atoms with E-state index >= 15 is 0 Å². The smallest absolute Gasteiger partial charge is 0.254 e. The maximum atomic E-state index is 12.4. The van der Waals surface area contributed by atoms with E-state index < -0.39 is 0 Å². The average molecular weight is 262 g/mol. The quantitative estimate of drug-likeness (QED) is 0.846. The molecule has 0 aliphatic carbocycles. The summed E-state index contributed by atoms with van der Waals surface area (Å²) in [7, 11) is 0. The van der Waals surface area contributed by atoms with Gasteiger partial charge in [-0.15, -0.1) is 0 Å². The van der Waals surface area contributed by atoms with Crippen LogP contribution < -0.4 is 5.73 Å². The highest BCUT2D eigenvalue weighted by atomic mass is 32.1. The molecule has 0 radical (unpaired) electrons. The Bertz CT molecular complexity index is 459. The van der Waals surface area contributed by atoms with Gasteiger partial charge in [-0.05, 0) is 37.3 Å². The molecule has 1 aromatic rings. The number of carbonyl (C=O) groups excluding carboxylic acids is 1. The maximum absolute atomic E-state index is 12.4. The number of aryl methyl sites for hydroxylation is 1. The highest BCUT2D eigenvalue weighted by molar-refractivity contribution is 7.80. The van der Waals surface area contributed by atoms with Gasteiger partial charge in [0, 0.05) is 18.7 Å². The van der Waals surface area contributed by atoms with Crippen LogP contribution in [0.1, 0.15) is 35.2 Å². The van der Waals surface area contributed by atoms with E-state index in [0.717, 1.165) is 37.9 Å². The van der Waals surface area contributed by atoms with Gasteiger partial charge in [0.1, 0.15) is 0 Å². The maximum Gasteiger partial charge on any atom is 0.254 e. The summed E-state index contributed by atoms with van der Waals surface area (Å²) in [4.78, 5) is 14.8. The van der Waals surface area contributed by atoms with Crippen LogP contribution in [0.2, 0.25) is 0 Å². The topological polar surface area (TPSA) is 46.3 Å². The first-order valence-electron chi connectivity index (χ1n) is 6.34. The summed E-state index contributed by atoms with van der Waals surface area (Å²) in [6, 6.07) is 7.89. The number of fused-ring (bicyclic) bond motifs is 1. The predicted molar refractivity (Wildman–Crippen MR) is 76.7 cm³/mol. The third kappa shape index (κ3) is 3.07. The molecular formula is C14H18N2OS. The second kappa shape index (κ2) is 5.96. The van der Waals surface area contributed by atoms with Crippen LogP contribution in [0.15, 0.2) is 24.3 Å². The number of nitrogens with zero attached hydrogens (tertiary/aromatic N) is 1. The SMILES string of the molecule is NC(=S)CCCN1CCCc2ccccc2C1=O. The first kappa shape index (κ1) is 13.0. The molecule has 1 aromatic carbocycles. The monoisotopic (exact) mass is 262 g/mol.